The molecule has 4 heteroatoms. The highest BCUT2D eigenvalue weighted by Crippen LogP contribution is 2.29. The minimum absolute atomic E-state index is 0.0768. The first-order valence-corrected chi connectivity index (χ1v) is 6.15. The van der Waals surface area contributed by atoms with Gasteiger partial charge >= 0.3 is 0 Å². The molecular weight excluding hydrogens is 214 g/mol. The van der Waals surface area contributed by atoms with Crippen molar-refractivity contribution < 1.29 is 4.79 Å². The largest absolute Gasteiger partial charge is 0.387 e. The Morgan fingerprint density at radius 2 is 2.24 bits per heavy atom. The number of aromatic nitrogens is 1. The number of rotatable bonds is 4. The molecule has 4 nitrogen and oxygen atoms in total. The Labute approximate surface area is 102 Å². The summed E-state index contributed by atoms with van der Waals surface area (Å²) in [6.07, 6.45) is 5.42. The van der Waals surface area contributed by atoms with Crippen LogP contribution >= 0.6 is 0 Å². The number of nitrogens with zero attached hydrogens (tertiary/aromatic N) is 1. The van der Waals surface area contributed by atoms with Gasteiger partial charge in [0.05, 0.1) is 11.9 Å². The Morgan fingerprint density at radius 1 is 1.47 bits per heavy atom. The van der Waals surface area contributed by atoms with Crippen molar-refractivity contribution in [1.29, 1.82) is 0 Å². The van der Waals surface area contributed by atoms with Crippen LogP contribution in [0.3, 0.4) is 0 Å². The minimum atomic E-state index is -0.0768. The molecular formula is C13H19N3O. The van der Waals surface area contributed by atoms with Crippen molar-refractivity contribution in [3.8, 4) is 0 Å². The number of hydrogen-bond acceptors (Lipinski definition) is 3. The lowest BCUT2D eigenvalue weighted by Crippen LogP contribution is -2.40. The zero-order chi connectivity index (χ0) is 12.3. The Kier molecular flexibility index (Phi) is 3.61. The van der Waals surface area contributed by atoms with Gasteiger partial charge in [-0.3, -0.25) is 4.79 Å². The van der Waals surface area contributed by atoms with Crippen molar-refractivity contribution in [2.24, 2.45) is 5.92 Å². The second-order valence-electron chi connectivity index (χ2n) is 4.64. The standard InChI is InChI=1S/C13H19N3O/c1-9(10-4-3-5-10)16-13(17)12-7-6-11(14-2)8-15-12/h6-10,14H,3-5H2,1-2H3,(H,16,17). The number of pyridine rings is 1. The zero-order valence-corrected chi connectivity index (χ0v) is 10.4. The average molecular weight is 233 g/mol. The lowest BCUT2D eigenvalue weighted by atomic mass is 9.80. The Bertz CT molecular complexity index is 384. The van der Waals surface area contributed by atoms with Gasteiger partial charge in [0.15, 0.2) is 0 Å². The van der Waals surface area contributed by atoms with Gasteiger partial charge in [0.1, 0.15) is 5.69 Å². The van der Waals surface area contributed by atoms with Gasteiger partial charge < -0.3 is 10.6 Å². The van der Waals surface area contributed by atoms with Gasteiger partial charge in [0, 0.05) is 13.1 Å². The monoisotopic (exact) mass is 233 g/mol. The first kappa shape index (κ1) is 11.9. The number of carbonyl (C=O) groups excluding carboxylic acids is 1. The van der Waals surface area contributed by atoms with E-state index in [4.69, 9.17) is 0 Å². The minimum Gasteiger partial charge on any atom is -0.387 e. The quantitative estimate of drug-likeness (QED) is 0.836. The fourth-order valence-electron chi connectivity index (χ4n) is 2.01. The summed E-state index contributed by atoms with van der Waals surface area (Å²) < 4.78 is 0. The summed E-state index contributed by atoms with van der Waals surface area (Å²) in [4.78, 5) is 16.0. The molecule has 0 saturated heterocycles. The highest BCUT2D eigenvalue weighted by molar-refractivity contribution is 5.92. The van der Waals surface area contributed by atoms with Crippen molar-refractivity contribution in [2.45, 2.75) is 32.2 Å². The summed E-state index contributed by atoms with van der Waals surface area (Å²) in [5.41, 5.74) is 1.39. The van der Waals surface area contributed by atoms with Crippen molar-refractivity contribution >= 4 is 11.6 Å². The maximum atomic E-state index is 11.9. The van der Waals surface area contributed by atoms with Crippen LogP contribution in [0.2, 0.25) is 0 Å². The van der Waals surface area contributed by atoms with E-state index in [1.807, 2.05) is 13.1 Å². The number of anilines is 1. The lowest BCUT2D eigenvalue weighted by molar-refractivity contribution is 0.0904. The molecule has 0 aromatic carbocycles. The summed E-state index contributed by atoms with van der Waals surface area (Å²) in [6, 6.07) is 3.85. The lowest BCUT2D eigenvalue weighted by Gasteiger charge is -2.31. The predicted octanol–water partition coefficient (Wildman–Crippen LogP) is 2.04. The van der Waals surface area contributed by atoms with E-state index in [0.717, 1.165) is 5.69 Å². The van der Waals surface area contributed by atoms with E-state index in [2.05, 4.69) is 22.5 Å². The SMILES string of the molecule is CNc1ccc(C(=O)NC(C)C2CCC2)nc1. The molecule has 1 aromatic heterocycles. The molecule has 0 bridgehead atoms. The van der Waals surface area contributed by atoms with Crippen LogP contribution < -0.4 is 10.6 Å². The third-order valence-corrected chi connectivity index (χ3v) is 3.50. The van der Waals surface area contributed by atoms with Gasteiger partial charge in [-0.1, -0.05) is 6.42 Å². The predicted molar refractivity (Wildman–Crippen MR) is 68.1 cm³/mol. The van der Waals surface area contributed by atoms with Crippen LogP contribution in [0, 0.1) is 5.92 Å². The third kappa shape index (κ3) is 2.75. The first-order chi connectivity index (χ1) is 8.20. The van der Waals surface area contributed by atoms with Crippen LogP contribution in [0.15, 0.2) is 18.3 Å². The van der Waals surface area contributed by atoms with Crippen LogP contribution in [0.5, 0.6) is 0 Å². The molecule has 1 amide bonds. The fourth-order valence-corrected chi connectivity index (χ4v) is 2.01. The molecule has 2 N–H and O–H groups in total. The number of amides is 1. The molecule has 1 aliphatic carbocycles. The van der Waals surface area contributed by atoms with Gasteiger partial charge in [-0.05, 0) is 37.8 Å². The van der Waals surface area contributed by atoms with E-state index in [1.165, 1.54) is 19.3 Å². The second kappa shape index (κ2) is 5.17. The van der Waals surface area contributed by atoms with E-state index >= 15 is 0 Å². The molecule has 0 spiro atoms. The molecule has 1 unspecified atom stereocenters. The normalized spacial score (nSPS) is 17.1. The van der Waals surface area contributed by atoms with Crippen molar-refractivity contribution in [3.05, 3.63) is 24.0 Å². The maximum absolute atomic E-state index is 11.9. The molecule has 0 radical (unpaired) electrons. The van der Waals surface area contributed by atoms with Gasteiger partial charge in [0.25, 0.3) is 5.91 Å². The molecule has 1 heterocycles. The van der Waals surface area contributed by atoms with E-state index in [-0.39, 0.29) is 11.9 Å². The molecule has 1 aliphatic rings. The molecule has 1 atom stereocenters. The van der Waals surface area contributed by atoms with Crippen LogP contribution in [0.25, 0.3) is 0 Å². The highest BCUT2D eigenvalue weighted by atomic mass is 16.1. The summed E-state index contributed by atoms with van der Waals surface area (Å²) in [5.74, 6) is 0.572. The Hall–Kier alpha value is -1.58. The first-order valence-electron chi connectivity index (χ1n) is 6.15. The second-order valence-corrected chi connectivity index (χ2v) is 4.64. The topological polar surface area (TPSA) is 54.0 Å². The summed E-state index contributed by atoms with van der Waals surface area (Å²) >= 11 is 0. The van der Waals surface area contributed by atoms with Crippen LogP contribution in [-0.4, -0.2) is 24.0 Å². The van der Waals surface area contributed by atoms with Gasteiger partial charge in [0.2, 0.25) is 0 Å². The number of nitrogens with one attached hydrogen (secondary N) is 2. The van der Waals surface area contributed by atoms with E-state index in [0.29, 0.717) is 11.6 Å². The number of hydrogen-bond donors (Lipinski definition) is 2. The van der Waals surface area contributed by atoms with Crippen molar-refractivity contribution in [3.63, 3.8) is 0 Å². The third-order valence-electron chi connectivity index (χ3n) is 3.50. The van der Waals surface area contributed by atoms with Gasteiger partial charge in [-0.2, -0.15) is 0 Å². The Balaban J connectivity index is 1.93. The van der Waals surface area contributed by atoms with Crippen LogP contribution in [0.4, 0.5) is 5.69 Å². The molecule has 2 rings (SSSR count). The summed E-state index contributed by atoms with van der Waals surface area (Å²) in [6.45, 7) is 2.07. The van der Waals surface area contributed by atoms with Crippen molar-refractivity contribution in [2.75, 3.05) is 12.4 Å². The van der Waals surface area contributed by atoms with Gasteiger partial charge in [-0.25, -0.2) is 4.98 Å². The smallest absolute Gasteiger partial charge is 0.270 e. The van der Waals surface area contributed by atoms with Crippen LogP contribution in [-0.2, 0) is 0 Å². The highest BCUT2D eigenvalue weighted by Gasteiger charge is 2.25. The average Bonchev–Trinajstić information content (AvgIpc) is 2.26. The van der Waals surface area contributed by atoms with Crippen LogP contribution in [0.1, 0.15) is 36.7 Å². The molecule has 1 fully saturated rings. The Morgan fingerprint density at radius 3 is 2.71 bits per heavy atom. The van der Waals surface area contributed by atoms with Gasteiger partial charge in [-0.15, -0.1) is 0 Å². The fraction of sp³-hybridized carbons (Fsp3) is 0.538. The summed E-state index contributed by atoms with van der Waals surface area (Å²) in [5, 5.41) is 5.99. The molecule has 17 heavy (non-hydrogen) atoms. The zero-order valence-electron chi connectivity index (χ0n) is 10.4. The molecule has 1 aromatic rings. The maximum Gasteiger partial charge on any atom is 0.270 e. The molecule has 92 valence electrons. The van der Waals surface area contributed by atoms with E-state index < -0.39 is 0 Å². The van der Waals surface area contributed by atoms with E-state index in [1.54, 1.807) is 12.3 Å². The van der Waals surface area contributed by atoms with E-state index in [9.17, 15) is 4.79 Å². The summed E-state index contributed by atoms with van der Waals surface area (Å²) in [7, 11) is 1.83. The molecule has 0 aliphatic heterocycles. The number of carbonyl (C=O) groups is 1. The van der Waals surface area contributed by atoms with Crippen molar-refractivity contribution in [1.82, 2.24) is 10.3 Å². The molecule has 1 saturated carbocycles.